The molecule has 20 heavy (non-hydrogen) atoms. The van der Waals surface area contributed by atoms with Crippen molar-refractivity contribution in [2.45, 2.75) is 44.6 Å². The number of rotatable bonds is 1. The van der Waals surface area contributed by atoms with Gasteiger partial charge in [0.15, 0.2) is 0 Å². The average molecular weight is 293 g/mol. The lowest BCUT2D eigenvalue weighted by molar-refractivity contribution is 0.0391. The molecule has 0 bridgehead atoms. The zero-order valence-electron chi connectivity index (χ0n) is 11.6. The van der Waals surface area contributed by atoms with Crippen molar-refractivity contribution in [2.75, 3.05) is 12.3 Å². The monoisotopic (exact) mass is 292 g/mol. The molecule has 1 aliphatic carbocycles. The van der Waals surface area contributed by atoms with Crippen molar-refractivity contribution in [3.8, 4) is 0 Å². The normalized spacial score (nSPS) is 26.1. The van der Waals surface area contributed by atoms with Crippen LogP contribution in [-0.2, 0) is 0 Å². The highest BCUT2D eigenvalue weighted by Gasteiger charge is 2.36. The predicted octanol–water partition coefficient (Wildman–Crippen LogP) is 3.72. The van der Waals surface area contributed by atoms with E-state index < -0.39 is 0 Å². The Morgan fingerprint density at radius 1 is 1.20 bits per heavy atom. The van der Waals surface area contributed by atoms with Gasteiger partial charge in [0, 0.05) is 12.6 Å². The summed E-state index contributed by atoms with van der Waals surface area (Å²) in [6, 6.07) is 5.72. The smallest absolute Gasteiger partial charge is 0.256 e. The van der Waals surface area contributed by atoms with E-state index in [-0.39, 0.29) is 5.91 Å². The minimum Gasteiger partial charge on any atom is -0.397 e. The molecule has 0 aromatic heterocycles. The van der Waals surface area contributed by atoms with Gasteiger partial charge in [-0.3, -0.25) is 4.79 Å². The fraction of sp³-hybridized carbons (Fsp3) is 0.562. The Hall–Kier alpha value is -1.22. The first-order valence-electron chi connectivity index (χ1n) is 7.53. The van der Waals surface area contributed by atoms with E-state index in [4.69, 9.17) is 17.3 Å². The van der Waals surface area contributed by atoms with E-state index in [1.165, 1.54) is 25.7 Å². The molecule has 2 fully saturated rings. The minimum atomic E-state index is 0.0570. The van der Waals surface area contributed by atoms with Gasteiger partial charge < -0.3 is 10.6 Å². The number of nitrogens with zero attached hydrogens (tertiary/aromatic N) is 1. The van der Waals surface area contributed by atoms with Gasteiger partial charge in [-0.15, -0.1) is 0 Å². The maximum Gasteiger partial charge on any atom is 0.256 e. The zero-order chi connectivity index (χ0) is 14.1. The van der Waals surface area contributed by atoms with E-state index in [2.05, 4.69) is 4.90 Å². The second kappa shape index (κ2) is 5.65. The van der Waals surface area contributed by atoms with Crippen molar-refractivity contribution in [3.63, 3.8) is 0 Å². The molecule has 2 aliphatic rings. The molecule has 3 rings (SSSR count). The quantitative estimate of drug-likeness (QED) is 0.802. The van der Waals surface area contributed by atoms with Crippen LogP contribution in [0, 0.1) is 5.92 Å². The number of hydrogen-bond donors (Lipinski definition) is 1. The lowest BCUT2D eigenvalue weighted by Crippen LogP contribution is -2.49. The van der Waals surface area contributed by atoms with Gasteiger partial charge in [0.05, 0.1) is 16.3 Å². The number of amides is 1. The molecule has 1 heterocycles. The fourth-order valence-corrected chi connectivity index (χ4v) is 3.93. The second-order valence-electron chi connectivity index (χ2n) is 5.95. The summed E-state index contributed by atoms with van der Waals surface area (Å²) in [5.74, 6) is 0.739. The summed E-state index contributed by atoms with van der Waals surface area (Å²) >= 11 is 6.04. The molecule has 1 aliphatic heterocycles. The first-order chi connectivity index (χ1) is 9.68. The highest BCUT2D eigenvalue weighted by atomic mass is 35.5. The van der Waals surface area contributed by atoms with Crippen molar-refractivity contribution >= 4 is 23.2 Å². The minimum absolute atomic E-state index is 0.0570. The van der Waals surface area contributed by atoms with Crippen LogP contribution in [0.15, 0.2) is 18.2 Å². The molecule has 1 amide bonds. The SMILES string of the molecule is Nc1c(Cl)cccc1C(=O)N1CCC[C@H]2CCCC[C@H]21. The van der Waals surface area contributed by atoms with Crippen molar-refractivity contribution in [3.05, 3.63) is 28.8 Å². The van der Waals surface area contributed by atoms with E-state index >= 15 is 0 Å². The van der Waals surface area contributed by atoms with E-state index in [1.807, 2.05) is 0 Å². The molecular weight excluding hydrogens is 272 g/mol. The Morgan fingerprint density at radius 2 is 1.95 bits per heavy atom. The van der Waals surface area contributed by atoms with E-state index in [0.29, 0.717) is 28.2 Å². The summed E-state index contributed by atoms with van der Waals surface area (Å²) in [6.07, 6.45) is 7.31. The molecule has 1 saturated carbocycles. The van der Waals surface area contributed by atoms with Crippen molar-refractivity contribution in [1.82, 2.24) is 4.90 Å². The number of hydrogen-bond acceptors (Lipinski definition) is 2. The number of benzene rings is 1. The van der Waals surface area contributed by atoms with E-state index in [9.17, 15) is 4.79 Å². The number of piperidine rings is 1. The maximum atomic E-state index is 12.8. The number of carbonyl (C=O) groups is 1. The lowest BCUT2D eigenvalue weighted by atomic mass is 9.78. The topological polar surface area (TPSA) is 46.3 Å². The van der Waals surface area contributed by atoms with Gasteiger partial charge in [-0.2, -0.15) is 0 Å². The Bertz CT molecular complexity index is 515. The van der Waals surface area contributed by atoms with Crippen molar-refractivity contribution in [1.29, 1.82) is 0 Å². The average Bonchev–Trinajstić information content (AvgIpc) is 2.49. The third kappa shape index (κ3) is 2.39. The highest BCUT2D eigenvalue weighted by Crippen LogP contribution is 2.36. The summed E-state index contributed by atoms with van der Waals surface area (Å²) in [7, 11) is 0. The Morgan fingerprint density at radius 3 is 2.80 bits per heavy atom. The molecule has 2 atom stereocenters. The summed E-state index contributed by atoms with van der Waals surface area (Å²) < 4.78 is 0. The number of halogens is 1. The third-order valence-electron chi connectivity index (χ3n) is 4.79. The molecule has 1 saturated heterocycles. The van der Waals surface area contributed by atoms with Crippen LogP contribution in [-0.4, -0.2) is 23.4 Å². The number of likely N-dealkylation sites (tertiary alicyclic amines) is 1. The number of nitrogen functional groups attached to an aromatic ring is 1. The van der Waals surface area contributed by atoms with Crippen LogP contribution < -0.4 is 5.73 Å². The summed E-state index contributed by atoms with van der Waals surface area (Å²) in [4.78, 5) is 14.9. The van der Waals surface area contributed by atoms with Crippen molar-refractivity contribution in [2.24, 2.45) is 5.92 Å². The number of anilines is 1. The Kier molecular flexibility index (Phi) is 3.88. The van der Waals surface area contributed by atoms with Crippen LogP contribution in [0.5, 0.6) is 0 Å². The highest BCUT2D eigenvalue weighted by molar-refractivity contribution is 6.33. The standard InChI is InChI=1S/C16H21ClN2O/c17-13-8-3-7-12(15(13)18)16(20)19-10-4-6-11-5-1-2-9-14(11)19/h3,7-8,11,14H,1-2,4-6,9-10,18H2/t11-,14-/m1/s1. The molecule has 0 spiro atoms. The van der Waals surface area contributed by atoms with E-state index in [0.717, 1.165) is 19.4 Å². The molecule has 4 heteroatoms. The Labute approximate surface area is 125 Å². The molecule has 1 aromatic rings. The molecule has 0 radical (unpaired) electrons. The molecule has 3 nitrogen and oxygen atoms in total. The van der Waals surface area contributed by atoms with Gasteiger partial charge in [-0.05, 0) is 43.7 Å². The van der Waals surface area contributed by atoms with Crippen LogP contribution >= 0.6 is 11.6 Å². The van der Waals surface area contributed by atoms with Crippen LogP contribution in [0.3, 0.4) is 0 Å². The third-order valence-corrected chi connectivity index (χ3v) is 5.12. The fourth-order valence-electron chi connectivity index (χ4n) is 3.76. The first kappa shape index (κ1) is 13.7. The molecule has 2 N–H and O–H groups in total. The van der Waals surface area contributed by atoms with Gasteiger partial charge in [-0.25, -0.2) is 0 Å². The van der Waals surface area contributed by atoms with Crippen LogP contribution in [0.25, 0.3) is 0 Å². The molecular formula is C16H21ClN2O. The predicted molar refractivity (Wildman–Crippen MR) is 81.9 cm³/mol. The Balaban J connectivity index is 1.87. The largest absolute Gasteiger partial charge is 0.397 e. The number of nitrogens with two attached hydrogens (primary N) is 1. The second-order valence-corrected chi connectivity index (χ2v) is 6.36. The summed E-state index contributed by atoms with van der Waals surface area (Å²) in [5, 5.41) is 0.466. The maximum absolute atomic E-state index is 12.8. The molecule has 0 unspecified atom stereocenters. The number of fused-ring (bicyclic) bond motifs is 1. The van der Waals surface area contributed by atoms with Gasteiger partial charge >= 0.3 is 0 Å². The summed E-state index contributed by atoms with van der Waals surface area (Å²) in [6.45, 7) is 0.853. The van der Waals surface area contributed by atoms with Crippen LogP contribution in [0.4, 0.5) is 5.69 Å². The first-order valence-corrected chi connectivity index (χ1v) is 7.91. The van der Waals surface area contributed by atoms with Crippen molar-refractivity contribution < 1.29 is 4.79 Å². The number of carbonyl (C=O) groups excluding carboxylic acids is 1. The summed E-state index contributed by atoms with van der Waals surface area (Å²) in [5.41, 5.74) is 6.95. The molecule has 1 aromatic carbocycles. The number of para-hydroxylation sites is 1. The van der Waals surface area contributed by atoms with Crippen LogP contribution in [0.1, 0.15) is 48.9 Å². The zero-order valence-corrected chi connectivity index (χ0v) is 12.4. The molecule has 108 valence electrons. The van der Waals surface area contributed by atoms with Gasteiger partial charge in [0.25, 0.3) is 5.91 Å². The lowest BCUT2D eigenvalue weighted by Gasteiger charge is -2.44. The van der Waals surface area contributed by atoms with Gasteiger partial charge in [0.1, 0.15) is 0 Å². The van der Waals surface area contributed by atoms with E-state index in [1.54, 1.807) is 18.2 Å². The van der Waals surface area contributed by atoms with Crippen LogP contribution in [0.2, 0.25) is 5.02 Å². The van der Waals surface area contributed by atoms with Gasteiger partial charge in [-0.1, -0.05) is 30.5 Å². The van der Waals surface area contributed by atoms with Gasteiger partial charge in [0.2, 0.25) is 0 Å².